The number of benzene rings is 3. The Morgan fingerprint density at radius 2 is 1.61 bits per heavy atom. The van der Waals surface area contributed by atoms with Crippen LogP contribution < -0.4 is 19.7 Å². The van der Waals surface area contributed by atoms with Crippen LogP contribution in [0.5, 0.6) is 11.5 Å². The number of ether oxygens (including phenoxy) is 2. The van der Waals surface area contributed by atoms with Gasteiger partial charge in [-0.3, -0.25) is 14.5 Å². The second-order valence-corrected chi connectivity index (χ2v) is 11.4. The summed E-state index contributed by atoms with van der Waals surface area (Å²) >= 11 is 0. The van der Waals surface area contributed by atoms with E-state index >= 15 is 0 Å². The zero-order chi connectivity index (χ0) is 29.1. The van der Waals surface area contributed by atoms with E-state index in [0.29, 0.717) is 37.7 Å². The highest BCUT2D eigenvalue weighted by molar-refractivity contribution is 6.03. The van der Waals surface area contributed by atoms with E-state index in [9.17, 15) is 9.59 Å². The lowest BCUT2D eigenvalue weighted by atomic mass is 10.0. The molecular weight excluding hydrogens is 514 g/mol. The van der Waals surface area contributed by atoms with Gasteiger partial charge in [0.2, 0.25) is 11.8 Å². The minimum absolute atomic E-state index is 0.00637. The third-order valence-electron chi connectivity index (χ3n) is 8.13. The van der Waals surface area contributed by atoms with Crippen LogP contribution in [0.2, 0.25) is 0 Å². The maximum Gasteiger partial charge on any atom is 0.247 e. The van der Waals surface area contributed by atoms with Crippen molar-refractivity contribution in [3.8, 4) is 11.5 Å². The Labute approximate surface area is 243 Å². The van der Waals surface area contributed by atoms with E-state index in [1.165, 1.54) is 16.7 Å². The quantitative estimate of drug-likeness (QED) is 0.349. The molecule has 0 aromatic heterocycles. The molecule has 2 amide bonds. The summed E-state index contributed by atoms with van der Waals surface area (Å²) in [4.78, 5) is 30.8. The first-order chi connectivity index (χ1) is 19.7. The monoisotopic (exact) mass is 555 g/mol. The molecule has 2 fully saturated rings. The Balaban J connectivity index is 1.25. The molecule has 2 aliphatic rings. The van der Waals surface area contributed by atoms with Gasteiger partial charge in [0, 0.05) is 24.8 Å². The summed E-state index contributed by atoms with van der Waals surface area (Å²) in [6.07, 6.45) is 2.01. The standard InChI is InChI=1S/C34H41N3O4/c1-22-17-24(3)33(25(4)18-22)41-16-15-40-30-13-11-29(12-14-30)37-31(19-35-20-32(37)38)34(39)36(28-9-10-28)21-27-8-6-7-23(2)26(27)5/h6-8,11-14,17-18,28,31,35H,9-10,15-16,19-21H2,1-5H3/t31-/m1/s1. The molecule has 7 heteroatoms. The van der Waals surface area contributed by atoms with Gasteiger partial charge in [0.15, 0.2) is 0 Å². The molecule has 1 aliphatic heterocycles. The van der Waals surface area contributed by atoms with Gasteiger partial charge in [0.05, 0.1) is 6.54 Å². The van der Waals surface area contributed by atoms with Crippen LogP contribution in [0.4, 0.5) is 5.69 Å². The van der Waals surface area contributed by atoms with Crippen molar-refractivity contribution >= 4 is 17.5 Å². The van der Waals surface area contributed by atoms with Crippen LogP contribution in [0, 0.1) is 34.6 Å². The molecule has 216 valence electrons. The first-order valence-electron chi connectivity index (χ1n) is 14.5. The minimum atomic E-state index is -0.594. The van der Waals surface area contributed by atoms with E-state index in [4.69, 9.17) is 9.47 Å². The number of hydrogen-bond acceptors (Lipinski definition) is 5. The molecule has 1 atom stereocenters. The normalized spacial score (nSPS) is 17.0. The number of nitrogens with zero attached hydrogens (tertiary/aromatic N) is 2. The average Bonchev–Trinajstić information content (AvgIpc) is 3.78. The van der Waals surface area contributed by atoms with Gasteiger partial charge < -0.3 is 19.7 Å². The van der Waals surface area contributed by atoms with E-state index in [-0.39, 0.29) is 24.4 Å². The molecule has 3 aromatic rings. The van der Waals surface area contributed by atoms with E-state index in [2.05, 4.69) is 64.2 Å². The Hall–Kier alpha value is -3.84. The fraction of sp³-hybridized carbons (Fsp3) is 0.412. The molecule has 7 nitrogen and oxygen atoms in total. The first kappa shape index (κ1) is 28.7. The zero-order valence-corrected chi connectivity index (χ0v) is 24.8. The highest BCUT2D eigenvalue weighted by Crippen LogP contribution is 2.32. The van der Waals surface area contributed by atoms with Crippen LogP contribution in [0.25, 0.3) is 0 Å². The lowest BCUT2D eigenvalue weighted by molar-refractivity contribution is -0.136. The summed E-state index contributed by atoms with van der Waals surface area (Å²) in [6.45, 7) is 12.4. The number of anilines is 1. The van der Waals surface area contributed by atoms with Crippen LogP contribution >= 0.6 is 0 Å². The van der Waals surface area contributed by atoms with Crippen LogP contribution in [0.15, 0.2) is 54.6 Å². The fourth-order valence-electron chi connectivity index (χ4n) is 5.72. The highest BCUT2D eigenvalue weighted by atomic mass is 16.5. The van der Waals surface area contributed by atoms with Crippen molar-refractivity contribution in [3.63, 3.8) is 0 Å². The average molecular weight is 556 g/mol. The van der Waals surface area contributed by atoms with Gasteiger partial charge in [-0.05, 0) is 99.5 Å². The molecule has 3 aromatic carbocycles. The molecule has 41 heavy (non-hydrogen) atoms. The number of aryl methyl sites for hydroxylation is 4. The summed E-state index contributed by atoms with van der Waals surface area (Å²) in [6, 6.07) is 17.5. The number of amides is 2. The molecule has 1 saturated carbocycles. The molecule has 0 radical (unpaired) electrons. The molecule has 1 saturated heterocycles. The molecule has 1 heterocycles. The van der Waals surface area contributed by atoms with Gasteiger partial charge in [-0.1, -0.05) is 35.9 Å². The maximum absolute atomic E-state index is 14.0. The summed E-state index contributed by atoms with van der Waals surface area (Å²) in [7, 11) is 0. The van der Waals surface area contributed by atoms with Gasteiger partial charge in [-0.25, -0.2) is 0 Å². The largest absolute Gasteiger partial charge is 0.490 e. The third-order valence-corrected chi connectivity index (χ3v) is 8.13. The minimum Gasteiger partial charge on any atom is -0.490 e. The number of hydrogen-bond donors (Lipinski definition) is 1. The SMILES string of the molecule is Cc1cc(C)c(OCCOc2ccc(N3C(=O)CNC[C@@H]3C(=O)N(Cc3cccc(C)c3C)C3CC3)cc2)c(C)c1. The van der Waals surface area contributed by atoms with E-state index in [1.807, 2.05) is 35.2 Å². The molecule has 1 N–H and O–H groups in total. The topological polar surface area (TPSA) is 71.1 Å². The Morgan fingerprint density at radius 1 is 0.927 bits per heavy atom. The molecule has 0 unspecified atom stereocenters. The second kappa shape index (κ2) is 12.4. The molecular formula is C34H41N3O4. The number of carbonyl (C=O) groups is 2. The van der Waals surface area contributed by atoms with Crippen LogP contribution in [0.1, 0.15) is 46.2 Å². The summed E-state index contributed by atoms with van der Waals surface area (Å²) in [5.74, 6) is 1.48. The summed E-state index contributed by atoms with van der Waals surface area (Å²) in [5, 5.41) is 3.16. The van der Waals surface area contributed by atoms with Gasteiger partial charge in [0.1, 0.15) is 30.8 Å². The van der Waals surface area contributed by atoms with Crippen LogP contribution in [0.3, 0.4) is 0 Å². The second-order valence-electron chi connectivity index (χ2n) is 11.4. The predicted octanol–water partition coefficient (Wildman–Crippen LogP) is 5.18. The van der Waals surface area contributed by atoms with E-state index in [0.717, 1.165) is 35.3 Å². The Morgan fingerprint density at radius 3 is 2.29 bits per heavy atom. The highest BCUT2D eigenvalue weighted by Gasteiger charge is 2.41. The summed E-state index contributed by atoms with van der Waals surface area (Å²) in [5.41, 5.74) is 7.74. The van der Waals surface area contributed by atoms with Crippen LogP contribution in [-0.4, -0.2) is 55.1 Å². The van der Waals surface area contributed by atoms with Crippen molar-refractivity contribution in [2.75, 3.05) is 31.2 Å². The van der Waals surface area contributed by atoms with Gasteiger partial charge in [-0.2, -0.15) is 0 Å². The van der Waals surface area contributed by atoms with E-state index < -0.39 is 6.04 Å². The number of nitrogens with one attached hydrogen (secondary N) is 1. The lowest BCUT2D eigenvalue weighted by Gasteiger charge is -2.38. The number of rotatable bonds is 10. The van der Waals surface area contributed by atoms with Crippen molar-refractivity contribution in [1.29, 1.82) is 0 Å². The Kier molecular flexibility index (Phi) is 8.64. The molecule has 5 rings (SSSR count). The maximum atomic E-state index is 14.0. The van der Waals surface area contributed by atoms with Gasteiger partial charge >= 0.3 is 0 Å². The van der Waals surface area contributed by atoms with Crippen LogP contribution in [-0.2, 0) is 16.1 Å². The number of carbonyl (C=O) groups excluding carboxylic acids is 2. The third kappa shape index (κ3) is 6.57. The van der Waals surface area contributed by atoms with E-state index in [1.54, 1.807) is 4.90 Å². The molecule has 0 bridgehead atoms. The molecule has 1 aliphatic carbocycles. The smallest absolute Gasteiger partial charge is 0.247 e. The van der Waals surface area contributed by atoms with Crippen molar-refractivity contribution in [2.45, 2.75) is 66.1 Å². The Bertz CT molecular complexity index is 1390. The fourth-order valence-corrected chi connectivity index (χ4v) is 5.72. The van der Waals surface area contributed by atoms with Gasteiger partial charge in [0.25, 0.3) is 0 Å². The summed E-state index contributed by atoms with van der Waals surface area (Å²) < 4.78 is 11.9. The molecule has 0 spiro atoms. The predicted molar refractivity (Wildman–Crippen MR) is 162 cm³/mol. The first-order valence-corrected chi connectivity index (χ1v) is 14.5. The van der Waals surface area contributed by atoms with Gasteiger partial charge in [-0.15, -0.1) is 0 Å². The van der Waals surface area contributed by atoms with Crippen molar-refractivity contribution in [2.24, 2.45) is 0 Å². The van der Waals surface area contributed by atoms with Crippen molar-refractivity contribution < 1.29 is 19.1 Å². The number of piperazine rings is 1. The zero-order valence-electron chi connectivity index (χ0n) is 24.8. The van der Waals surface area contributed by atoms with Crippen molar-refractivity contribution in [1.82, 2.24) is 10.2 Å². The lowest BCUT2D eigenvalue weighted by Crippen LogP contribution is -2.61. The van der Waals surface area contributed by atoms with Crippen molar-refractivity contribution in [3.05, 3.63) is 88.0 Å².